The van der Waals surface area contributed by atoms with Crippen LogP contribution < -0.4 is 10.6 Å². The number of carbonyl (C=O) groups excluding carboxylic acids is 2. The molecule has 0 saturated carbocycles. The standard InChI is InChI=1S/C27H31Cl2N3O6S3/c1-17(2)13-22(31-27(34)24-14-18-5-3-4-6-23(18)39-24)26(33)30-10-9-20-16-32(11-12-40(20,35)36)41(37,38)25-8-7-19(28)15-21(25)29/h3-8,14-15,17,20,22H,9-13,16H2,1-2H3,(H,30,33)(H,31,34)/t20?,22-/m0/s1. The Bertz CT molecular complexity index is 1620. The number of hydrogen-bond donors (Lipinski definition) is 2. The molecule has 222 valence electrons. The zero-order chi connectivity index (χ0) is 29.9. The van der Waals surface area contributed by atoms with Gasteiger partial charge in [0.05, 0.1) is 20.9 Å². The van der Waals surface area contributed by atoms with E-state index in [-0.39, 0.29) is 58.6 Å². The van der Waals surface area contributed by atoms with E-state index in [2.05, 4.69) is 10.6 Å². The molecule has 2 aromatic carbocycles. The monoisotopic (exact) mass is 659 g/mol. The molecule has 2 amide bonds. The smallest absolute Gasteiger partial charge is 0.262 e. The summed E-state index contributed by atoms with van der Waals surface area (Å²) < 4.78 is 54.1. The van der Waals surface area contributed by atoms with Crippen LogP contribution in [0.15, 0.2) is 53.4 Å². The van der Waals surface area contributed by atoms with Crippen LogP contribution in [0, 0.1) is 5.92 Å². The number of sulfone groups is 1. The van der Waals surface area contributed by atoms with Gasteiger partial charge in [0, 0.05) is 29.4 Å². The van der Waals surface area contributed by atoms with E-state index in [1.165, 1.54) is 29.5 Å². The lowest BCUT2D eigenvalue weighted by atomic mass is 10.0. The number of thiophene rings is 1. The topological polar surface area (TPSA) is 130 Å². The van der Waals surface area contributed by atoms with Gasteiger partial charge in [-0.15, -0.1) is 11.3 Å². The van der Waals surface area contributed by atoms with E-state index in [0.717, 1.165) is 14.4 Å². The van der Waals surface area contributed by atoms with Crippen molar-refractivity contribution >= 4 is 76.3 Å². The molecule has 2 heterocycles. The van der Waals surface area contributed by atoms with E-state index in [4.69, 9.17) is 23.2 Å². The molecule has 9 nitrogen and oxygen atoms in total. The molecule has 2 atom stereocenters. The number of nitrogens with zero attached hydrogens (tertiary/aromatic N) is 1. The highest BCUT2D eigenvalue weighted by molar-refractivity contribution is 7.92. The zero-order valence-electron chi connectivity index (χ0n) is 22.5. The number of fused-ring (bicyclic) bond motifs is 1. The van der Waals surface area contributed by atoms with Gasteiger partial charge in [-0.05, 0) is 54.5 Å². The summed E-state index contributed by atoms with van der Waals surface area (Å²) in [7, 11) is -7.67. The molecule has 1 aliphatic rings. The van der Waals surface area contributed by atoms with Gasteiger partial charge in [-0.25, -0.2) is 16.8 Å². The average molecular weight is 661 g/mol. The summed E-state index contributed by atoms with van der Waals surface area (Å²) in [5, 5.41) is 5.70. The van der Waals surface area contributed by atoms with Crippen LogP contribution in [-0.2, 0) is 24.7 Å². The van der Waals surface area contributed by atoms with Crippen LogP contribution in [-0.4, -0.2) is 69.6 Å². The third-order valence-corrected chi connectivity index (χ3v) is 12.6. The summed E-state index contributed by atoms with van der Waals surface area (Å²) in [5.74, 6) is -1.04. The zero-order valence-corrected chi connectivity index (χ0v) is 26.4. The van der Waals surface area contributed by atoms with Crippen molar-refractivity contribution in [2.24, 2.45) is 5.92 Å². The minimum absolute atomic E-state index is 0.00705. The van der Waals surface area contributed by atoms with Crippen molar-refractivity contribution in [3.05, 3.63) is 63.5 Å². The first-order chi connectivity index (χ1) is 19.3. The summed E-state index contributed by atoms with van der Waals surface area (Å²) in [4.78, 5) is 26.4. The van der Waals surface area contributed by atoms with Crippen molar-refractivity contribution in [3.8, 4) is 0 Å². The van der Waals surface area contributed by atoms with Crippen molar-refractivity contribution in [2.75, 3.05) is 25.4 Å². The molecule has 14 heteroatoms. The molecule has 1 aliphatic heterocycles. The van der Waals surface area contributed by atoms with Crippen LogP contribution in [0.4, 0.5) is 0 Å². The Morgan fingerprint density at radius 3 is 2.54 bits per heavy atom. The van der Waals surface area contributed by atoms with Crippen molar-refractivity contribution < 1.29 is 26.4 Å². The quantitative estimate of drug-likeness (QED) is 0.333. The molecule has 1 saturated heterocycles. The van der Waals surface area contributed by atoms with Gasteiger partial charge in [-0.1, -0.05) is 55.2 Å². The van der Waals surface area contributed by atoms with E-state index in [0.29, 0.717) is 11.3 Å². The summed E-state index contributed by atoms with van der Waals surface area (Å²) >= 11 is 13.3. The van der Waals surface area contributed by atoms with Gasteiger partial charge in [0.2, 0.25) is 15.9 Å². The summed E-state index contributed by atoms with van der Waals surface area (Å²) in [6.07, 6.45) is 0.394. The largest absolute Gasteiger partial charge is 0.354 e. The van der Waals surface area contributed by atoms with Gasteiger partial charge in [0.1, 0.15) is 10.9 Å². The predicted molar refractivity (Wildman–Crippen MR) is 163 cm³/mol. The first-order valence-corrected chi connectivity index (χ1v) is 17.7. The van der Waals surface area contributed by atoms with Crippen molar-refractivity contribution in [1.29, 1.82) is 0 Å². The number of benzene rings is 2. The average Bonchev–Trinajstić information content (AvgIpc) is 3.33. The summed E-state index contributed by atoms with van der Waals surface area (Å²) in [6, 6.07) is 12.6. The van der Waals surface area contributed by atoms with E-state index in [1.54, 1.807) is 6.07 Å². The highest BCUT2D eigenvalue weighted by atomic mass is 35.5. The van der Waals surface area contributed by atoms with Crippen LogP contribution >= 0.6 is 34.5 Å². The second-order valence-electron chi connectivity index (χ2n) is 10.3. The molecule has 1 fully saturated rings. The third-order valence-electron chi connectivity index (χ3n) is 6.80. The van der Waals surface area contributed by atoms with Crippen molar-refractivity contribution in [2.45, 2.75) is 42.9 Å². The van der Waals surface area contributed by atoms with Gasteiger partial charge < -0.3 is 10.6 Å². The third kappa shape index (κ3) is 7.60. The Hall–Kier alpha value is -2.22. The van der Waals surface area contributed by atoms with Gasteiger partial charge in [-0.3, -0.25) is 9.59 Å². The maximum absolute atomic E-state index is 13.2. The van der Waals surface area contributed by atoms with Crippen LogP contribution in [0.5, 0.6) is 0 Å². The molecular formula is C27H31Cl2N3O6S3. The molecule has 0 spiro atoms. The number of rotatable bonds is 10. The minimum atomic E-state index is -4.07. The van der Waals surface area contributed by atoms with Crippen LogP contribution in [0.2, 0.25) is 10.0 Å². The molecular weight excluding hydrogens is 629 g/mol. The second kappa shape index (κ2) is 13.0. The fourth-order valence-electron chi connectivity index (χ4n) is 4.65. The SMILES string of the molecule is CC(C)C[C@H](NC(=O)c1cc2ccccc2s1)C(=O)NCCC1CN(S(=O)(=O)c2ccc(Cl)cc2Cl)CCS1(=O)=O. The van der Waals surface area contributed by atoms with E-state index in [1.807, 2.05) is 38.1 Å². The second-order valence-corrected chi connectivity index (χ2v) is 16.5. The molecule has 0 radical (unpaired) electrons. The first kappa shape index (κ1) is 31.7. The molecule has 1 unspecified atom stereocenters. The number of carbonyl (C=O) groups is 2. The Kier molecular flexibility index (Phi) is 10.0. The molecule has 0 aliphatic carbocycles. The number of nitrogens with one attached hydrogen (secondary N) is 2. The summed E-state index contributed by atoms with van der Waals surface area (Å²) in [6.45, 7) is 3.39. The Morgan fingerprint density at radius 2 is 1.85 bits per heavy atom. The maximum atomic E-state index is 13.2. The lowest BCUT2D eigenvalue weighted by Crippen LogP contribution is -2.51. The number of sulfonamides is 1. The lowest BCUT2D eigenvalue weighted by molar-refractivity contribution is -0.123. The van der Waals surface area contributed by atoms with Gasteiger partial charge in [-0.2, -0.15) is 4.31 Å². The van der Waals surface area contributed by atoms with Crippen LogP contribution in [0.1, 0.15) is 36.4 Å². The fourth-order valence-corrected chi connectivity index (χ4v) is 9.75. The first-order valence-electron chi connectivity index (χ1n) is 13.0. The summed E-state index contributed by atoms with van der Waals surface area (Å²) in [5.41, 5.74) is 0. The highest BCUT2D eigenvalue weighted by Gasteiger charge is 2.39. The van der Waals surface area contributed by atoms with Gasteiger partial charge in [0.15, 0.2) is 9.84 Å². The lowest BCUT2D eigenvalue weighted by Gasteiger charge is -2.32. The van der Waals surface area contributed by atoms with E-state index in [9.17, 15) is 26.4 Å². The maximum Gasteiger partial charge on any atom is 0.262 e. The highest BCUT2D eigenvalue weighted by Crippen LogP contribution is 2.30. The van der Waals surface area contributed by atoms with Crippen LogP contribution in [0.3, 0.4) is 0 Å². The number of amides is 2. The molecule has 41 heavy (non-hydrogen) atoms. The fraction of sp³-hybridized carbons (Fsp3) is 0.407. The van der Waals surface area contributed by atoms with Gasteiger partial charge in [0.25, 0.3) is 5.91 Å². The predicted octanol–water partition coefficient (Wildman–Crippen LogP) is 4.35. The molecule has 3 aromatic rings. The van der Waals surface area contributed by atoms with Crippen molar-refractivity contribution in [3.63, 3.8) is 0 Å². The van der Waals surface area contributed by atoms with E-state index < -0.39 is 37.1 Å². The minimum Gasteiger partial charge on any atom is -0.354 e. The Morgan fingerprint density at radius 1 is 1.12 bits per heavy atom. The molecule has 0 bridgehead atoms. The molecule has 4 rings (SSSR count). The number of halogens is 2. The Balaban J connectivity index is 1.40. The molecule has 2 N–H and O–H groups in total. The van der Waals surface area contributed by atoms with Crippen LogP contribution in [0.25, 0.3) is 10.1 Å². The van der Waals surface area contributed by atoms with Gasteiger partial charge >= 0.3 is 0 Å². The number of hydrogen-bond acceptors (Lipinski definition) is 7. The Labute approximate surface area is 254 Å². The van der Waals surface area contributed by atoms with E-state index >= 15 is 0 Å². The van der Waals surface area contributed by atoms with Crippen molar-refractivity contribution in [1.82, 2.24) is 14.9 Å². The molecule has 1 aromatic heterocycles. The normalized spacial score (nSPS) is 18.3.